The van der Waals surface area contributed by atoms with Crippen molar-refractivity contribution < 1.29 is 21.6 Å². The van der Waals surface area contributed by atoms with Gasteiger partial charge in [-0.2, -0.15) is 17.9 Å². The summed E-state index contributed by atoms with van der Waals surface area (Å²) in [6.07, 6.45) is -0.766. The fraction of sp³-hybridized carbons (Fsp3) is 0.714. The number of halogens is 3. The van der Waals surface area contributed by atoms with Crippen molar-refractivity contribution in [3.63, 3.8) is 0 Å². The van der Waals surface area contributed by atoms with Crippen LogP contribution in [0.15, 0.2) is 23.4 Å². The van der Waals surface area contributed by atoms with Crippen LogP contribution >= 0.6 is 0 Å². The van der Waals surface area contributed by atoms with Gasteiger partial charge in [0.15, 0.2) is 0 Å². The quantitative estimate of drug-likeness (QED) is 0.775. The van der Waals surface area contributed by atoms with Gasteiger partial charge in [0, 0.05) is 18.2 Å². The number of alkyl halides is 3. The van der Waals surface area contributed by atoms with Crippen LogP contribution < -0.4 is 4.72 Å². The van der Waals surface area contributed by atoms with Crippen LogP contribution in [0.5, 0.6) is 0 Å². The molecular weight excluding hydrogens is 317 g/mol. The molecule has 0 spiro atoms. The van der Waals surface area contributed by atoms with E-state index in [2.05, 4.69) is 4.72 Å². The summed E-state index contributed by atoms with van der Waals surface area (Å²) >= 11 is 0. The fourth-order valence-corrected chi connectivity index (χ4v) is 3.60. The Morgan fingerprint density at radius 2 is 2.05 bits per heavy atom. The van der Waals surface area contributed by atoms with Crippen LogP contribution in [0.1, 0.15) is 33.1 Å². The first-order valence-corrected chi connectivity index (χ1v) is 8.52. The van der Waals surface area contributed by atoms with Crippen LogP contribution in [-0.2, 0) is 10.9 Å². The molecule has 22 heavy (non-hydrogen) atoms. The molecule has 0 bridgehead atoms. The Morgan fingerprint density at radius 1 is 1.36 bits per heavy atom. The third kappa shape index (κ3) is 4.04. The number of rotatable bonds is 4. The second-order valence-corrected chi connectivity index (χ2v) is 6.96. The molecule has 1 heterocycles. The van der Waals surface area contributed by atoms with Crippen molar-refractivity contribution in [2.45, 2.75) is 45.5 Å². The van der Waals surface area contributed by atoms with E-state index >= 15 is 0 Å². The highest BCUT2D eigenvalue weighted by Crippen LogP contribution is 2.40. The van der Waals surface area contributed by atoms with E-state index in [1.165, 1.54) is 12.2 Å². The highest BCUT2D eigenvalue weighted by molar-refractivity contribution is 7.70. The molecule has 2 rings (SSSR count). The van der Waals surface area contributed by atoms with Gasteiger partial charge < -0.3 is 4.90 Å². The minimum Gasteiger partial charge on any atom is -0.358 e. The fourth-order valence-electron chi connectivity index (χ4n) is 3.08. The zero-order valence-corrected chi connectivity index (χ0v) is 13.5. The van der Waals surface area contributed by atoms with E-state index in [0.717, 1.165) is 0 Å². The second kappa shape index (κ2) is 6.62. The van der Waals surface area contributed by atoms with Crippen molar-refractivity contribution in [2.75, 3.05) is 6.54 Å². The minimum atomic E-state index is -4.37. The number of fused-ring (bicyclic) bond motifs is 1. The monoisotopic (exact) mass is 338 g/mol. The first-order chi connectivity index (χ1) is 10.2. The van der Waals surface area contributed by atoms with E-state index in [1.54, 1.807) is 4.90 Å². The predicted molar refractivity (Wildman–Crippen MR) is 78.3 cm³/mol. The summed E-state index contributed by atoms with van der Waals surface area (Å²) < 4.78 is 63.3. The van der Waals surface area contributed by atoms with Crippen molar-refractivity contribution >= 4 is 10.9 Å². The largest absolute Gasteiger partial charge is 0.416 e. The van der Waals surface area contributed by atoms with Gasteiger partial charge in [0.05, 0.1) is 11.7 Å². The maximum absolute atomic E-state index is 13.0. The van der Waals surface area contributed by atoms with Crippen LogP contribution in [0.25, 0.3) is 0 Å². The van der Waals surface area contributed by atoms with Gasteiger partial charge in [0.1, 0.15) is 0 Å². The smallest absolute Gasteiger partial charge is 0.358 e. The van der Waals surface area contributed by atoms with Crippen LogP contribution in [0.4, 0.5) is 13.2 Å². The molecule has 2 unspecified atom stereocenters. The van der Waals surface area contributed by atoms with Gasteiger partial charge in [-0.25, -0.2) is 8.42 Å². The van der Waals surface area contributed by atoms with E-state index in [0.29, 0.717) is 31.5 Å². The Kier molecular flexibility index (Phi) is 5.21. The summed E-state index contributed by atoms with van der Waals surface area (Å²) in [6.45, 7) is 4.44. The van der Waals surface area contributed by atoms with Gasteiger partial charge >= 0.3 is 6.18 Å². The van der Waals surface area contributed by atoms with Crippen molar-refractivity contribution in [1.82, 2.24) is 9.62 Å². The number of nitrogens with one attached hydrogen (secondary N) is 1. The van der Waals surface area contributed by atoms with Gasteiger partial charge in [-0.15, -0.1) is 0 Å². The molecule has 2 atom stereocenters. The van der Waals surface area contributed by atoms with E-state index in [1.807, 2.05) is 13.8 Å². The van der Waals surface area contributed by atoms with Gasteiger partial charge in [0.25, 0.3) is 0 Å². The zero-order valence-electron chi connectivity index (χ0n) is 12.6. The first kappa shape index (κ1) is 17.3. The summed E-state index contributed by atoms with van der Waals surface area (Å²) in [7, 11) is -2.79. The first-order valence-electron chi connectivity index (χ1n) is 7.34. The number of thiol groups is 1. The average Bonchev–Trinajstić information content (AvgIpc) is 2.39. The Morgan fingerprint density at radius 3 is 2.59 bits per heavy atom. The molecule has 0 aromatic heterocycles. The molecular formula is C14H21F3N2O2S. The normalized spacial score (nSPS) is 26.0. The molecule has 0 aromatic carbocycles. The van der Waals surface area contributed by atoms with E-state index in [4.69, 9.17) is 0 Å². The molecule has 0 saturated carbocycles. The molecule has 1 fully saturated rings. The van der Waals surface area contributed by atoms with Crippen molar-refractivity contribution in [3.05, 3.63) is 23.4 Å². The van der Waals surface area contributed by atoms with Gasteiger partial charge in [-0.05, 0) is 31.3 Å². The Balaban J connectivity index is 2.33. The molecule has 0 amide bonds. The van der Waals surface area contributed by atoms with Crippen molar-refractivity contribution in [2.24, 2.45) is 11.8 Å². The molecule has 0 radical (unpaired) electrons. The Hall–Kier alpha value is -1.02. The number of hydrogen-bond donors (Lipinski definition) is 2. The van der Waals surface area contributed by atoms with Crippen molar-refractivity contribution in [1.29, 1.82) is 0 Å². The molecule has 1 aliphatic carbocycles. The van der Waals surface area contributed by atoms with Crippen LogP contribution in [0.2, 0.25) is 0 Å². The topological polar surface area (TPSA) is 49.4 Å². The molecule has 4 nitrogen and oxygen atoms in total. The lowest BCUT2D eigenvalue weighted by Gasteiger charge is -2.45. The Labute approximate surface area is 130 Å². The lowest BCUT2D eigenvalue weighted by Crippen LogP contribution is -2.51. The van der Waals surface area contributed by atoms with Gasteiger partial charge in [-0.3, -0.25) is 0 Å². The van der Waals surface area contributed by atoms with Gasteiger partial charge in [0.2, 0.25) is 10.9 Å². The van der Waals surface area contributed by atoms with Crippen molar-refractivity contribution in [3.8, 4) is 0 Å². The lowest BCUT2D eigenvalue weighted by atomic mass is 9.84. The van der Waals surface area contributed by atoms with E-state index in [-0.39, 0.29) is 11.8 Å². The summed E-state index contributed by atoms with van der Waals surface area (Å²) in [4.78, 5) is 1.79. The maximum atomic E-state index is 13.0. The summed E-state index contributed by atoms with van der Waals surface area (Å²) in [5.41, 5.74) is -0.0382. The van der Waals surface area contributed by atoms with Crippen LogP contribution in [0.3, 0.4) is 0 Å². The molecule has 2 aliphatic rings. The third-order valence-electron chi connectivity index (χ3n) is 3.98. The SMILES string of the molecule is CC(C)CN1C2=CC(C(F)(F)F)=CCC2CCC1N[SH](=O)=O. The molecule has 1 saturated heterocycles. The standard InChI is InChI=1S/C14H21F3N2O2S/c1-9(2)8-19-12-7-11(14(15,16)17)5-3-10(12)4-6-13(19)18-22(20)21/h5,7,9-10,13,22H,3-4,6,8H2,1-2H3,(H,18,20,21). The highest BCUT2D eigenvalue weighted by Gasteiger charge is 2.39. The third-order valence-corrected chi connectivity index (χ3v) is 4.49. The van der Waals surface area contributed by atoms with E-state index in [9.17, 15) is 21.6 Å². The Bertz CT molecular complexity index is 545. The van der Waals surface area contributed by atoms with E-state index < -0.39 is 28.8 Å². The lowest BCUT2D eigenvalue weighted by molar-refractivity contribution is -0.0892. The van der Waals surface area contributed by atoms with Crippen LogP contribution in [-0.4, -0.2) is 32.2 Å². The molecule has 8 heteroatoms. The number of allylic oxidation sites excluding steroid dienone is 4. The summed E-state index contributed by atoms with van der Waals surface area (Å²) in [5, 5.41) is 0. The maximum Gasteiger partial charge on any atom is 0.416 e. The minimum absolute atomic E-state index is 0.0347. The highest BCUT2D eigenvalue weighted by atomic mass is 32.2. The number of nitrogens with zero attached hydrogens (tertiary/aromatic N) is 1. The second-order valence-electron chi connectivity index (χ2n) is 6.18. The molecule has 1 N–H and O–H groups in total. The zero-order chi connectivity index (χ0) is 16.5. The molecule has 1 aliphatic heterocycles. The number of piperidine rings is 1. The van der Waals surface area contributed by atoms with Gasteiger partial charge in [-0.1, -0.05) is 19.9 Å². The molecule has 0 aromatic rings. The average molecular weight is 338 g/mol. The predicted octanol–water partition coefficient (Wildman–Crippen LogP) is 2.57. The summed E-state index contributed by atoms with van der Waals surface area (Å²) in [5.74, 6) is 0.251. The number of likely N-dealkylation sites (tertiary alicyclic amines) is 1. The molecule has 126 valence electrons. The number of hydrogen-bond acceptors (Lipinski definition) is 3. The summed E-state index contributed by atoms with van der Waals surface area (Å²) in [6, 6.07) is 0. The van der Waals surface area contributed by atoms with Crippen LogP contribution in [0, 0.1) is 11.8 Å².